The number of aliphatic carboxylic acids is 1. The largest absolute Gasteiger partial charge is 0.481 e. The highest BCUT2D eigenvalue weighted by Gasteiger charge is 2.30. The van der Waals surface area contributed by atoms with Crippen molar-refractivity contribution in [1.82, 2.24) is 5.32 Å². The number of hydrogen-bond donors (Lipinski definition) is 2. The summed E-state index contributed by atoms with van der Waals surface area (Å²) in [6.07, 6.45) is -4.05. The van der Waals surface area contributed by atoms with Gasteiger partial charge in [-0.25, -0.2) is 0 Å². The first-order valence-corrected chi connectivity index (χ1v) is 6.79. The van der Waals surface area contributed by atoms with Crippen molar-refractivity contribution in [2.75, 3.05) is 6.54 Å². The summed E-state index contributed by atoms with van der Waals surface area (Å²) >= 11 is 0. The van der Waals surface area contributed by atoms with Gasteiger partial charge in [0.1, 0.15) is 0 Å². The number of carboxylic acid groups (broad SMARTS) is 1. The lowest BCUT2D eigenvalue weighted by atomic mass is 9.97. The number of carboxylic acids is 1. The van der Waals surface area contributed by atoms with E-state index in [0.29, 0.717) is 6.42 Å². The molecule has 0 saturated heterocycles. The van der Waals surface area contributed by atoms with Gasteiger partial charge in [0.05, 0.1) is 11.5 Å². The molecule has 0 spiro atoms. The van der Waals surface area contributed by atoms with Crippen LogP contribution >= 0.6 is 0 Å². The lowest BCUT2D eigenvalue weighted by Gasteiger charge is -2.15. The minimum Gasteiger partial charge on any atom is -0.481 e. The molecular formula is C15H18F3NO3. The minimum absolute atomic E-state index is 0.0571. The lowest BCUT2D eigenvalue weighted by Crippen LogP contribution is -2.33. The van der Waals surface area contributed by atoms with Gasteiger partial charge in [-0.1, -0.05) is 13.8 Å². The summed E-state index contributed by atoms with van der Waals surface area (Å²) in [5.41, 5.74) is -0.783. The Balaban J connectivity index is 2.67. The van der Waals surface area contributed by atoms with Crippen LogP contribution in [0.5, 0.6) is 0 Å². The van der Waals surface area contributed by atoms with E-state index < -0.39 is 29.5 Å². The highest BCUT2D eigenvalue weighted by molar-refractivity contribution is 5.94. The van der Waals surface area contributed by atoms with E-state index >= 15 is 0 Å². The molecular weight excluding hydrogens is 299 g/mol. The molecule has 1 aromatic rings. The number of benzene rings is 1. The first-order valence-electron chi connectivity index (χ1n) is 6.79. The van der Waals surface area contributed by atoms with Gasteiger partial charge in [0.15, 0.2) is 0 Å². The highest BCUT2D eigenvalue weighted by Crippen LogP contribution is 2.29. The smallest absolute Gasteiger partial charge is 0.416 e. The monoisotopic (exact) mass is 317 g/mol. The summed E-state index contributed by atoms with van der Waals surface area (Å²) in [6, 6.07) is 3.77. The summed E-state index contributed by atoms with van der Waals surface area (Å²) in [4.78, 5) is 22.9. The maximum atomic E-state index is 12.4. The summed E-state index contributed by atoms with van der Waals surface area (Å²) in [5, 5.41) is 11.5. The zero-order valence-electron chi connectivity index (χ0n) is 12.3. The van der Waals surface area contributed by atoms with Gasteiger partial charge in [-0.2, -0.15) is 13.2 Å². The van der Waals surface area contributed by atoms with Crippen molar-refractivity contribution in [2.24, 2.45) is 11.8 Å². The number of carbonyl (C=O) groups excluding carboxylic acids is 1. The molecule has 0 aliphatic heterocycles. The average Bonchev–Trinajstić information content (AvgIpc) is 2.41. The lowest BCUT2D eigenvalue weighted by molar-refractivity contribution is -0.142. The van der Waals surface area contributed by atoms with Crippen LogP contribution in [-0.2, 0) is 11.0 Å². The Bertz CT molecular complexity index is 524. The van der Waals surface area contributed by atoms with Gasteiger partial charge >= 0.3 is 12.1 Å². The fourth-order valence-corrected chi connectivity index (χ4v) is 1.97. The topological polar surface area (TPSA) is 66.4 Å². The van der Waals surface area contributed by atoms with Crippen molar-refractivity contribution in [3.05, 3.63) is 35.4 Å². The number of amides is 1. The van der Waals surface area contributed by atoms with Crippen LogP contribution in [0.15, 0.2) is 24.3 Å². The Labute approximate surface area is 126 Å². The van der Waals surface area contributed by atoms with Crippen LogP contribution in [0, 0.1) is 11.8 Å². The van der Waals surface area contributed by atoms with E-state index in [9.17, 15) is 22.8 Å². The zero-order chi connectivity index (χ0) is 16.9. The standard InChI is InChI=1S/C15H18F3NO3/c1-9(2)7-11(14(21)22)8-19-13(20)10-3-5-12(6-4-10)15(16,17)18/h3-6,9,11H,7-8H2,1-2H3,(H,19,20)(H,21,22). The Kier molecular flexibility index (Phi) is 5.96. The van der Waals surface area contributed by atoms with Gasteiger partial charge in [-0.3, -0.25) is 9.59 Å². The summed E-state index contributed by atoms with van der Waals surface area (Å²) in [5.74, 6) is -2.17. The van der Waals surface area contributed by atoms with Gasteiger partial charge < -0.3 is 10.4 Å². The molecule has 0 fully saturated rings. The maximum Gasteiger partial charge on any atom is 0.416 e. The number of alkyl halides is 3. The van der Waals surface area contributed by atoms with Gasteiger partial charge in [0.25, 0.3) is 5.91 Å². The molecule has 0 radical (unpaired) electrons. The number of hydrogen-bond acceptors (Lipinski definition) is 2. The van der Waals surface area contributed by atoms with Gasteiger partial charge in [0, 0.05) is 12.1 Å². The molecule has 122 valence electrons. The predicted octanol–water partition coefficient (Wildman–Crippen LogP) is 3.18. The third-order valence-corrected chi connectivity index (χ3v) is 3.09. The number of rotatable bonds is 6. The van der Waals surface area contributed by atoms with Crippen LogP contribution in [-0.4, -0.2) is 23.5 Å². The molecule has 2 N–H and O–H groups in total. The predicted molar refractivity (Wildman–Crippen MR) is 74.4 cm³/mol. The Hall–Kier alpha value is -2.05. The summed E-state index contributed by atoms with van der Waals surface area (Å²) in [6.45, 7) is 3.68. The molecule has 22 heavy (non-hydrogen) atoms. The van der Waals surface area contributed by atoms with Gasteiger partial charge in [0.2, 0.25) is 0 Å². The van der Waals surface area contributed by atoms with E-state index in [0.717, 1.165) is 24.3 Å². The van der Waals surface area contributed by atoms with Crippen molar-refractivity contribution in [3.63, 3.8) is 0 Å². The zero-order valence-corrected chi connectivity index (χ0v) is 12.3. The van der Waals surface area contributed by atoms with Crippen molar-refractivity contribution in [3.8, 4) is 0 Å². The van der Waals surface area contributed by atoms with E-state index in [-0.39, 0.29) is 18.0 Å². The van der Waals surface area contributed by atoms with Crippen LogP contribution in [0.3, 0.4) is 0 Å². The molecule has 1 rings (SSSR count). The van der Waals surface area contributed by atoms with Crippen LogP contribution in [0.4, 0.5) is 13.2 Å². The van der Waals surface area contributed by atoms with E-state index in [2.05, 4.69) is 5.32 Å². The van der Waals surface area contributed by atoms with Crippen molar-refractivity contribution in [1.29, 1.82) is 0 Å². The van der Waals surface area contributed by atoms with Crippen LogP contribution in [0.25, 0.3) is 0 Å². The molecule has 1 aromatic carbocycles. The second-order valence-electron chi connectivity index (χ2n) is 5.45. The number of nitrogens with one attached hydrogen (secondary N) is 1. The van der Waals surface area contributed by atoms with Crippen molar-refractivity contribution >= 4 is 11.9 Å². The second-order valence-corrected chi connectivity index (χ2v) is 5.45. The van der Waals surface area contributed by atoms with E-state index in [1.807, 2.05) is 13.8 Å². The Morgan fingerprint density at radius 2 is 1.73 bits per heavy atom. The fourth-order valence-electron chi connectivity index (χ4n) is 1.97. The SMILES string of the molecule is CC(C)CC(CNC(=O)c1ccc(C(F)(F)F)cc1)C(=O)O. The molecule has 1 unspecified atom stereocenters. The van der Waals surface area contributed by atoms with E-state index in [1.165, 1.54) is 0 Å². The molecule has 0 aliphatic carbocycles. The first-order chi connectivity index (χ1) is 10.1. The maximum absolute atomic E-state index is 12.4. The van der Waals surface area contributed by atoms with E-state index in [4.69, 9.17) is 5.11 Å². The molecule has 0 heterocycles. The average molecular weight is 317 g/mol. The molecule has 0 bridgehead atoms. The van der Waals surface area contributed by atoms with Gasteiger partial charge in [-0.15, -0.1) is 0 Å². The first kappa shape index (κ1) is 18.0. The molecule has 1 atom stereocenters. The third-order valence-electron chi connectivity index (χ3n) is 3.09. The van der Waals surface area contributed by atoms with Crippen molar-refractivity contribution < 1.29 is 27.9 Å². The highest BCUT2D eigenvalue weighted by atomic mass is 19.4. The molecule has 1 amide bonds. The summed E-state index contributed by atoms with van der Waals surface area (Å²) in [7, 11) is 0. The van der Waals surface area contributed by atoms with Gasteiger partial charge in [-0.05, 0) is 36.6 Å². The molecule has 4 nitrogen and oxygen atoms in total. The molecule has 7 heteroatoms. The fraction of sp³-hybridized carbons (Fsp3) is 0.467. The second kappa shape index (κ2) is 7.29. The quantitative estimate of drug-likeness (QED) is 0.847. The van der Waals surface area contributed by atoms with Crippen LogP contribution in [0.1, 0.15) is 36.2 Å². The molecule has 0 aromatic heterocycles. The van der Waals surface area contributed by atoms with Crippen molar-refractivity contribution in [2.45, 2.75) is 26.4 Å². The van der Waals surface area contributed by atoms with E-state index in [1.54, 1.807) is 0 Å². The third kappa shape index (κ3) is 5.38. The molecule has 0 aliphatic rings. The Morgan fingerprint density at radius 3 is 2.14 bits per heavy atom. The minimum atomic E-state index is -4.46. The normalized spacial score (nSPS) is 13.0. The van der Waals surface area contributed by atoms with Crippen LogP contribution in [0.2, 0.25) is 0 Å². The number of carbonyl (C=O) groups is 2. The Morgan fingerprint density at radius 1 is 1.18 bits per heavy atom. The number of halogens is 3. The van der Waals surface area contributed by atoms with Crippen LogP contribution < -0.4 is 5.32 Å². The molecule has 0 saturated carbocycles. The summed E-state index contributed by atoms with van der Waals surface area (Å²) < 4.78 is 37.3.